The highest BCUT2D eigenvalue weighted by atomic mass is 16.5. The fraction of sp³-hybridized carbons (Fsp3) is 1.00. The van der Waals surface area contributed by atoms with Crippen molar-refractivity contribution in [3.63, 3.8) is 0 Å². The number of hydrogen-bond donors (Lipinski definition) is 1. The normalized spacial score (nSPS) is 12.9. The van der Waals surface area contributed by atoms with Crippen molar-refractivity contribution in [2.45, 2.75) is 19.8 Å². The third-order valence-electron chi connectivity index (χ3n) is 2.37. The van der Waals surface area contributed by atoms with Crippen molar-refractivity contribution >= 4 is 0 Å². The van der Waals surface area contributed by atoms with Crippen molar-refractivity contribution in [3.8, 4) is 0 Å². The Morgan fingerprint density at radius 2 is 1.75 bits per heavy atom. The molecule has 0 spiro atoms. The van der Waals surface area contributed by atoms with E-state index in [0.717, 1.165) is 52.4 Å². The Morgan fingerprint density at radius 3 is 2.44 bits per heavy atom. The minimum absolute atomic E-state index is 0.652. The fourth-order valence-electron chi connectivity index (χ4n) is 1.32. The molecule has 4 nitrogen and oxygen atoms in total. The van der Waals surface area contributed by atoms with Crippen molar-refractivity contribution in [2.24, 2.45) is 5.92 Å². The van der Waals surface area contributed by atoms with E-state index >= 15 is 0 Å². The molecule has 1 atom stereocenters. The predicted molar refractivity (Wildman–Crippen MR) is 65.8 cm³/mol. The van der Waals surface area contributed by atoms with Gasteiger partial charge in [0.25, 0.3) is 0 Å². The highest BCUT2D eigenvalue weighted by Gasteiger charge is 2.01. The SMILES string of the molecule is COCCCOCCC(C)CNCCOC. The smallest absolute Gasteiger partial charge is 0.0587 e. The fourth-order valence-corrected chi connectivity index (χ4v) is 1.32. The van der Waals surface area contributed by atoms with Crippen LogP contribution in [0.5, 0.6) is 0 Å². The average Bonchev–Trinajstić information content (AvgIpc) is 2.29. The second-order valence-corrected chi connectivity index (χ2v) is 4.05. The molecular formula is C12H27NO3. The van der Waals surface area contributed by atoms with E-state index in [1.54, 1.807) is 14.2 Å². The highest BCUT2D eigenvalue weighted by Crippen LogP contribution is 2.00. The Balaban J connectivity index is 3.08. The summed E-state index contributed by atoms with van der Waals surface area (Å²) < 4.78 is 15.4. The summed E-state index contributed by atoms with van der Waals surface area (Å²) in [5, 5.41) is 3.35. The van der Waals surface area contributed by atoms with Crippen LogP contribution < -0.4 is 5.32 Å². The van der Waals surface area contributed by atoms with Gasteiger partial charge in [-0.2, -0.15) is 0 Å². The van der Waals surface area contributed by atoms with E-state index in [4.69, 9.17) is 14.2 Å². The third-order valence-corrected chi connectivity index (χ3v) is 2.37. The average molecular weight is 233 g/mol. The van der Waals surface area contributed by atoms with Crippen molar-refractivity contribution in [1.82, 2.24) is 5.32 Å². The minimum Gasteiger partial charge on any atom is -0.385 e. The van der Waals surface area contributed by atoms with Gasteiger partial charge in [-0.05, 0) is 25.3 Å². The largest absolute Gasteiger partial charge is 0.385 e. The number of hydrogen-bond acceptors (Lipinski definition) is 4. The van der Waals surface area contributed by atoms with Gasteiger partial charge in [-0.1, -0.05) is 6.92 Å². The third kappa shape index (κ3) is 11.9. The molecule has 98 valence electrons. The summed E-state index contributed by atoms with van der Waals surface area (Å²) >= 11 is 0. The molecule has 1 N–H and O–H groups in total. The van der Waals surface area contributed by atoms with Gasteiger partial charge in [0, 0.05) is 40.6 Å². The van der Waals surface area contributed by atoms with Gasteiger partial charge in [-0.3, -0.25) is 0 Å². The van der Waals surface area contributed by atoms with Crippen LogP contribution in [0.1, 0.15) is 19.8 Å². The van der Waals surface area contributed by atoms with Crippen LogP contribution in [-0.2, 0) is 14.2 Å². The first-order chi connectivity index (χ1) is 7.81. The van der Waals surface area contributed by atoms with E-state index in [2.05, 4.69) is 12.2 Å². The molecule has 0 heterocycles. The summed E-state index contributed by atoms with van der Waals surface area (Å²) in [5.41, 5.74) is 0. The van der Waals surface area contributed by atoms with Gasteiger partial charge in [-0.15, -0.1) is 0 Å². The van der Waals surface area contributed by atoms with Crippen LogP contribution in [0.15, 0.2) is 0 Å². The lowest BCUT2D eigenvalue weighted by Crippen LogP contribution is -2.25. The number of nitrogens with one attached hydrogen (secondary N) is 1. The maximum absolute atomic E-state index is 5.50. The summed E-state index contributed by atoms with van der Waals surface area (Å²) in [6, 6.07) is 0. The maximum atomic E-state index is 5.50. The molecular weight excluding hydrogens is 206 g/mol. The Kier molecular flexibility index (Phi) is 12.8. The monoisotopic (exact) mass is 233 g/mol. The van der Waals surface area contributed by atoms with Crippen LogP contribution in [-0.4, -0.2) is 53.7 Å². The molecule has 0 bridgehead atoms. The topological polar surface area (TPSA) is 39.7 Å². The van der Waals surface area contributed by atoms with E-state index < -0.39 is 0 Å². The standard InChI is InChI=1S/C12H27NO3/c1-12(11-13-6-10-15-3)5-9-16-8-4-7-14-2/h12-13H,4-11H2,1-3H3. The molecule has 0 saturated carbocycles. The molecule has 0 amide bonds. The van der Waals surface area contributed by atoms with Gasteiger partial charge < -0.3 is 19.5 Å². The van der Waals surface area contributed by atoms with Crippen LogP contribution in [0.4, 0.5) is 0 Å². The van der Waals surface area contributed by atoms with Crippen LogP contribution in [0, 0.1) is 5.92 Å². The van der Waals surface area contributed by atoms with Crippen LogP contribution in [0.25, 0.3) is 0 Å². The first-order valence-corrected chi connectivity index (χ1v) is 6.07. The molecule has 16 heavy (non-hydrogen) atoms. The molecule has 1 unspecified atom stereocenters. The second-order valence-electron chi connectivity index (χ2n) is 4.05. The van der Waals surface area contributed by atoms with Crippen LogP contribution >= 0.6 is 0 Å². The number of rotatable bonds is 12. The molecule has 4 heteroatoms. The first kappa shape index (κ1) is 15.8. The van der Waals surface area contributed by atoms with Crippen molar-refractivity contribution < 1.29 is 14.2 Å². The van der Waals surface area contributed by atoms with Crippen LogP contribution in [0.3, 0.4) is 0 Å². The maximum Gasteiger partial charge on any atom is 0.0587 e. The summed E-state index contributed by atoms with van der Waals surface area (Å²) in [7, 11) is 3.44. The van der Waals surface area contributed by atoms with Crippen LogP contribution in [0.2, 0.25) is 0 Å². The molecule has 0 aliphatic carbocycles. The number of methoxy groups -OCH3 is 2. The summed E-state index contributed by atoms with van der Waals surface area (Å²) in [5.74, 6) is 0.652. The van der Waals surface area contributed by atoms with E-state index in [0.29, 0.717) is 5.92 Å². The molecule has 0 aliphatic rings. The van der Waals surface area contributed by atoms with Crippen molar-refractivity contribution in [1.29, 1.82) is 0 Å². The summed E-state index contributed by atoms with van der Waals surface area (Å²) in [6.07, 6.45) is 2.09. The minimum atomic E-state index is 0.652. The van der Waals surface area contributed by atoms with E-state index in [-0.39, 0.29) is 0 Å². The lowest BCUT2D eigenvalue weighted by Gasteiger charge is -2.12. The zero-order valence-corrected chi connectivity index (χ0v) is 11.0. The zero-order chi connectivity index (χ0) is 12.1. The van der Waals surface area contributed by atoms with Gasteiger partial charge in [0.1, 0.15) is 0 Å². The Bertz CT molecular complexity index is 133. The predicted octanol–water partition coefficient (Wildman–Crippen LogP) is 1.30. The Hall–Kier alpha value is -0.160. The van der Waals surface area contributed by atoms with Crippen molar-refractivity contribution in [2.75, 3.05) is 53.7 Å². The zero-order valence-electron chi connectivity index (χ0n) is 11.0. The lowest BCUT2D eigenvalue weighted by molar-refractivity contribution is 0.0946. The lowest BCUT2D eigenvalue weighted by atomic mass is 10.1. The highest BCUT2D eigenvalue weighted by molar-refractivity contribution is 4.56. The quantitative estimate of drug-likeness (QED) is 0.516. The molecule has 0 aromatic carbocycles. The number of ether oxygens (including phenoxy) is 3. The summed E-state index contributed by atoms with van der Waals surface area (Å²) in [4.78, 5) is 0. The van der Waals surface area contributed by atoms with Gasteiger partial charge in [0.05, 0.1) is 6.61 Å². The van der Waals surface area contributed by atoms with Gasteiger partial charge in [0.2, 0.25) is 0 Å². The van der Waals surface area contributed by atoms with Gasteiger partial charge in [0.15, 0.2) is 0 Å². The molecule has 0 saturated heterocycles. The molecule has 0 radical (unpaired) electrons. The summed E-state index contributed by atoms with van der Waals surface area (Å²) in [6.45, 7) is 7.40. The molecule has 0 aromatic heterocycles. The Morgan fingerprint density at radius 1 is 1.00 bits per heavy atom. The molecule has 0 rings (SSSR count). The molecule has 0 fully saturated rings. The molecule has 0 aromatic rings. The van der Waals surface area contributed by atoms with Crippen molar-refractivity contribution in [3.05, 3.63) is 0 Å². The van der Waals surface area contributed by atoms with E-state index in [1.165, 1.54) is 0 Å². The Labute approximate surface area is 99.6 Å². The molecule has 0 aliphatic heterocycles. The van der Waals surface area contributed by atoms with Gasteiger partial charge >= 0.3 is 0 Å². The van der Waals surface area contributed by atoms with E-state index in [1.807, 2.05) is 0 Å². The van der Waals surface area contributed by atoms with E-state index in [9.17, 15) is 0 Å². The first-order valence-electron chi connectivity index (χ1n) is 6.07. The van der Waals surface area contributed by atoms with Gasteiger partial charge in [-0.25, -0.2) is 0 Å². The second kappa shape index (κ2) is 12.9.